The number of hydrogen-bond donors (Lipinski definition) is 1. The summed E-state index contributed by atoms with van der Waals surface area (Å²) in [5.41, 5.74) is 4.39. The first-order valence-corrected chi connectivity index (χ1v) is 10.2. The molecule has 2 aliphatic rings. The Morgan fingerprint density at radius 3 is 2.89 bits per heavy atom. The number of hydrogen-bond acceptors (Lipinski definition) is 7. The molecule has 27 heavy (non-hydrogen) atoms. The maximum atomic E-state index is 5.70. The lowest BCUT2D eigenvalue weighted by molar-refractivity contribution is 0.171. The van der Waals surface area contributed by atoms with Crippen molar-refractivity contribution in [1.82, 2.24) is 13.6 Å². The van der Waals surface area contributed by atoms with Crippen LogP contribution < -0.4 is 14.8 Å². The minimum atomic E-state index is 0.436. The zero-order valence-corrected chi connectivity index (χ0v) is 15.9. The predicted octanol–water partition coefficient (Wildman–Crippen LogP) is 3.54. The molecule has 0 radical (unpaired) electrons. The molecule has 1 unspecified atom stereocenters. The summed E-state index contributed by atoms with van der Waals surface area (Å²) in [5, 5.41) is 3.67. The Labute approximate surface area is 162 Å². The molecular formula is C20H22N4O2S. The highest BCUT2D eigenvalue weighted by atomic mass is 32.1. The lowest BCUT2D eigenvalue weighted by atomic mass is 10.0. The fraction of sp³-hybridized carbons (Fsp3) is 0.400. The van der Waals surface area contributed by atoms with Crippen LogP contribution in [0.5, 0.6) is 11.5 Å². The van der Waals surface area contributed by atoms with Crippen LogP contribution >= 0.6 is 11.7 Å². The second-order valence-corrected chi connectivity index (χ2v) is 7.69. The molecule has 2 aliphatic heterocycles. The smallest absolute Gasteiger partial charge is 0.163 e. The number of nitrogens with one attached hydrogen (secondary N) is 1. The van der Waals surface area contributed by atoms with Gasteiger partial charge in [-0.1, -0.05) is 6.07 Å². The third-order valence-electron chi connectivity index (χ3n) is 5.14. The Kier molecular flexibility index (Phi) is 4.55. The normalized spacial score (nSPS) is 19.9. The van der Waals surface area contributed by atoms with Crippen LogP contribution in [0.4, 0.5) is 5.69 Å². The number of anilines is 1. The average molecular weight is 382 g/mol. The fourth-order valence-corrected chi connectivity index (χ4v) is 4.39. The van der Waals surface area contributed by atoms with Crippen LogP contribution in [-0.2, 0) is 6.54 Å². The molecule has 1 atom stereocenters. The lowest BCUT2D eigenvalue weighted by Crippen LogP contribution is -2.41. The molecule has 1 fully saturated rings. The largest absolute Gasteiger partial charge is 0.486 e. The number of piperidine rings is 1. The van der Waals surface area contributed by atoms with Gasteiger partial charge in [-0.2, -0.15) is 8.75 Å². The van der Waals surface area contributed by atoms with Gasteiger partial charge in [-0.15, -0.1) is 0 Å². The molecule has 1 aromatic heterocycles. The van der Waals surface area contributed by atoms with Crippen molar-refractivity contribution in [2.45, 2.75) is 25.4 Å². The minimum absolute atomic E-state index is 0.436. The van der Waals surface area contributed by atoms with Gasteiger partial charge in [0.2, 0.25) is 0 Å². The van der Waals surface area contributed by atoms with Crippen LogP contribution in [0.15, 0.2) is 36.4 Å². The lowest BCUT2D eigenvalue weighted by Gasteiger charge is -2.34. The molecule has 0 spiro atoms. The molecule has 1 N–H and O–H groups in total. The molecule has 3 heterocycles. The fourth-order valence-electron chi connectivity index (χ4n) is 3.87. The zero-order valence-electron chi connectivity index (χ0n) is 15.1. The first-order chi connectivity index (χ1) is 13.3. The average Bonchev–Trinajstić information content (AvgIpc) is 3.16. The number of fused-ring (bicyclic) bond motifs is 2. The van der Waals surface area contributed by atoms with Crippen molar-refractivity contribution in [3.63, 3.8) is 0 Å². The summed E-state index contributed by atoms with van der Waals surface area (Å²) in [7, 11) is 0. The molecule has 5 rings (SSSR count). The van der Waals surface area contributed by atoms with Crippen molar-refractivity contribution in [3.8, 4) is 11.5 Å². The molecule has 2 aromatic carbocycles. The van der Waals surface area contributed by atoms with E-state index in [1.54, 1.807) is 0 Å². The number of nitrogens with zero attached hydrogens (tertiary/aromatic N) is 3. The second-order valence-electron chi connectivity index (χ2n) is 7.16. The van der Waals surface area contributed by atoms with Gasteiger partial charge in [-0.3, -0.25) is 4.90 Å². The van der Waals surface area contributed by atoms with Gasteiger partial charge in [-0.25, -0.2) is 0 Å². The molecule has 0 saturated carbocycles. The van der Waals surface area contributed by atoms with E-state index in [4.69, 9.17) is 9.47 Å². The molecule has 0 aliphatic carbocycles. The van der Waals surface area contributed by atoms with Gasteiger partial charge in [0.1, 0.15) is 24.2 Å². The monoisotopic (exact) mass is 382 g/mol. The highest BCUT2D eigenvalue weighted by molar-refractivity contribution is 7.00. The Morgan fingerprint density at radius 1 is 1.04 bits per heavy atom. The van der Waals surface area contributed by atoms with E-state index in [9.17, 15) is 0 Å². The maximum absolute atomic E-state index is 5.70. The Balaban J connectivity index is 1.24. The van der Waals surface area contributed by atoms with Crippen LogP contribution in [0.1, 0.15) is 18.4 Å². The number of benzene rings is 2. The standard InChI is InChI=1S/C20H22N4O2S/c1-2-16(21-15-4-6-19-20(11-15)26-9-8-25-19)13-24(7-1)12-14-3-5-17-18(10-14)23-27-22-17/h3-6,10-11,16,21H,1-2,7-9,12-13H2. The van der Waals surface area contributed by atoms with Gasteiger partial charge in [0.25, 0.3) is 0 Å². The summed E-state index contributed by atoms with van der Waals surface area (Å²) >= 11 is 1.28. The van der Waals surface area contributed by atoms with Crippen LogP contribution in [0.25, 0.3) is 11.0 Å². The maximum Gasteiger partial charge on any atom is 0.163 e. The summed E-state index contributed by atoms with van der Waals surface area (Å²) in [6.07, 6.45) is 2.38. The predicted molar refractivity (Wildman–Crippen MR) is 107 cm³/mol. The minimum Gasteiger partial charge on any atom is -0.486 e. The van der Waals surface area contributed by atoms with Crippen molar-refractivity contribution in [2.24, 2.45) is 0 Å². The molecule has 7 heteroatoms. The third-order valence-corrected chi connectivity index (χ3v) is 5.70. The number of ether oxygens (including phenoxy) is 2. The molecular weight excluding hydrogens is 360 g/mol. The van der Waals surface area contributed by atoms with E-state index >= 15 is 0 Å². The highest BCUT2D eigenvalue weighted by Gasteiger charge is 2.21. The summed E-state index contributed by atoms with van der Waals surface area (Å²) < 4.78 is 19.9. The van der Waals surface area contributed by atoms with E-state index in [2.05, 4.69) is 49.3 Å². The third kappa shape index (κ3) is 3.70. The molecule has 0 bridgehead atoms. The van der Waals surface area contributed by atoms with Crippen molar-refractivity contribution < 1.29 is 9.47 Å². The van der Waals surface area contributed by atoms with Gasteiger partial charge >= 0.3 is 0 Å². The quantitative estimate of drug-likeness (QED) is 0.745. The zero-order chi connectivity index (χ0) is 18.1. The SMILES string of the molecule is c1cc2nsnc2cc1CN1CCCC(Nc2ccc3c(c2)OCCO3)C1. The van der Waals surface area contributed by atoms with Gasteiger partial charge in [-0.05, 0) is 49.2 Å². The molecule has 3 aromatic rings. The first kappa shape index (κ1) is 16.8. The van der Waals surface area contributed by atoms with Crippen LogP contribution in [0, 0.1) is 0 Å². The summed E-state index contributed by atoms with van der Waals surface area (Å²) in [6.45, 7) is 4.36. The van der Waals surface area contributed by atoms with Gasteiger partial charge in [0.15, 0.2) is 11.5 Å². The van der Waals surface area contributed by atoms with Crippen molar-refractivity contribution >= 4 is 28.4 Å². The van der Waals surface area contributed by atoms with E-state index in [0.717, 1.165) is 47.9 Å². The van der Waals surface area contributed by atoms with E-state index < -0.39 is 0 Å². The van der Waals surface area contributed by atoms with E-state index in [0.29, 0.717) is 19.3 Å². The molecule has 6 nitrogen and oxygen atoms in total. The van der Waals surface area contributed by atoms with Gasteiger partial charge in [0, 0.05) is 30.9 Å². The Bertz CT molecular complexity index is 945. The Hall–Kier alpha value is -2.38. The Morgan fingerprint density at radius 2 is 1.93 bits per heavy atom. The number of rotatable bonds is 4. The summed E-state index contributed by atoms with van der Waals surface area (Å²) in [4.78, 5) is 2.51. The molecule has 0 amide bonds. The van der Waals surface area contributed by atoms with E-state index in [-0.39, 0.29) is 0 Å². The second kappa shape index (κ2) is 7.32. The molecule has 1 saturated heterocycles. The van der Waals surface area contributed by atoms with Crippen molar-refractivity contribution in [2.75, 3.05) is 31.6 Å². The van der Waals surface area contributed by atoms with Crippen LogP contribution in [0.3, 0.4) is 0 Å². The summed E-state index contributed by atoms with van der Waals surface area (Å²) in [5.74, 6) is 1.67. The number of aromatic nitrogens is 2. The summed E-state index contributed by atoms with van der Waals surface area (Å²) in [6, 6.07) is 13.0. The van der Waals surface area contributed by atoms with Gasteiger partial charge < -0.3 is 14.8 Å². The first-order valence-electron chi connectivity index (χ1n) is 9.43. The van der Waals surface area contributed by atoms with Crippen molar-refractivity contribution in [1.29, 1.82) is 0 Å². The van der Waals surface area contributed by atoms with Crippen LogP contribution in [-0.4, -0.2) is 46.0 Å². The molecule has 140 valence electrons. The number of likely N-dealkylation sites (tertiary alicyclic amines) is 1. The van der Waals surface area contributed by atoms with E-state index in [1.165, 1.54) is 30.1 Å². The topological polar surface area (TPSA) is 59.5 Å². The highest BCUT2D eigenvalue weighted by Crippen LogP contribution is 2.33. The van der Waals surface area contributed by atoms with Crippen molar-refractivity contribution in [3.05, 3.63) is 42.0 Å². The van der Waals surface area contributed by atoms with Gasteiger partial charge in [0.05, 0.1) is 11.7 Å². The van der Waals surface area contributed by atoms with Crippen LogP contribution in [0.2, 0.25) is 0 Å². The van der Waals surface area contributed by atoms with E-state index in [1.807, 2.05) is 6.07 Å².